The summed E-state index contributed by atoms with van der Waals surface area (Å²) in [6.07, 6.45) is 0. The zero-order valence-electron chi connectivity index (χ0n) is 9.81. The molecule has 2 aromatic rings. The lowest BCUT2D eigenvalue weighted by atomic mass is 9.99. The summed E-state index contributed by atoms with van der Waals surface area (Å²) in [5.41, 5.74) is 7.71. The van der Waals surface area contributed by atoms with Crippen LogP contribution in [0.4, 0.5) is 0 Å². The first-order chi connectivity index (χ1) is 8.65. The van der Waals surface area contributed by atoms with Crippen molar-refractivity contribution < 1.29 is 9.53 Å². The monoisotopic (exact) mass is 353 g/mol. The van der Waals surface area contributed by atoms with E-state index in [9.17, 15) is 4.79 Å². The van der Waals surface area contributed by atoms with Crippen LogP contribution >= 0.6 is 22.6 Å². The van der Waals surface area contributed by atoms with Crippen molar-refractivity contribution in [1.82, 2.24) is 0 Å². The Kier molecular flexibility index (Phi) is 3.86. The quantitative estimate of drug-likeness (QED) is 0.863. The third-order valence-corrected chi connectivity index (χ3v) is 3.73. The predicted octanol–water partition coefficient (Wildman–Crippen LogP) is 3.07. The molecule has 0 unspecified atom stereocenters. The van der Waals surface area contributed by atoms with E-state index in [-0.39, 0.29) is 0 Å². The van der Waals surface area contributed by atoms with Crippen molar-refractivity contribution in [3.63, 3.8) is 0 Å². The maximum Gasteiger partial charge on any atom is 0.249 e. The van der Waals surface area contributed by atoms with Gasteiger partial charge in [0.05, 0.1) is 10.7 Å². The molecular formula is C14H12INO2. The molecule has 0 radical (unpaired) electrons. The zero-order chi connectivity index (χ0) is 13.1. The van der Waals surface area contributed by atoms with Gasteiger partial charge in [-0.3, -0.25) is 4.79 Å². The third-order valence-electron chi connectivity index (χ3n) is 2.65. The van der Waals surface area contributed by atoms with Crippen molar-refractivity contribution >= 4 is 28.5 Å². The van der Waals surface area contributed by atoms with E-state index in [0.29, 0.717) is 5.56 Å². The highest BCUT2D eigenvalue weighted by atomic mass is 127. The van der Waals surface area contributed by atoms with Crippen LogP contribution in [0, 0.1) is 3.57 Å². The second kappa shape index (κ2) is 5.39. The van der Waals surface area contributed by atoms with E-state index in [2.05, 4.69) is 22.6 Å². The summed E-state index contributed by atoms with van der Waals surface area (Å²) in [6.45, 7) is 0. The average molecular weight is 353 g/mol. The minimum Gasteiger partial charge on any atom is -0.496 e. The van der Waals surface area contributed by atoms with Gasteiger partial charge >= 0.3 is 0 Å². The van der Waals surface area contributed by atoms with Gasteiger partial charge in [-0.2, -0.15) is 0 Å². The minimum atomic E-state index is -0.436. The fourth-order valence-corrected chi connectivity index (χ4v) is 2.81. The molecule has 4 heteroatoms. The lowest BCUT2D eigenvalue weighted by Gasteiger charge is -2.13. The van der Waals surface area contributed by atoms with Crippen molar-refractivity contribution in [2.75, 3.05) is 7.11 Å². The number of amides is 1. The smallest absolute Gasteiger partial charge is 0.249 e. The van der Waals surface area contributed by atoms with E-state index >= 15 is 0 Å². The van der Waals surface area contributed by atoms with Crippen LogP contribution in [0.2, 0.25) is 0 Å². The number of rotatable bonds is 3. The Balaban J connectivity index is 2.73. The summed E-state index contributed by atoms with van der Waals surface area (Å²) in [5, 5.41) is 0. The fourth-order valence-electron chi connectivity index (χ4n) is 1.81. The first-order valence-corrected chi connectivity index (χ1v) is 6.44. The van der Waals surface area contributed by atoms with E-state index in [1.165, 1.54) is 0 Å². The number of hydrogen-bond acceptors (Lipinski definition) is 2. The van der Waals surface area contributed by atoms with Crippen molar-refractivity contribution in [1.29, 1.82) is 0 Å². The van der Waals surface area contributed by atoms with E-state index in [1.807, 2.05) is 30.3 Å². The molecule has 0 aliphatic heterocycles. The normalized spacial score (nSPS) is 10.1. The number of primary amides is 1. The Morgan fingerprint density at radius 1 is 1.17 bits per heavy atom. The van der Waals surface area contributed by atoms with E-state index in [0.717, 1.165) is 20.4 Å². The molecule has 0 spiro atoms. The molecule has 18 heavy (non-hydrogen) atoms. The molecule has 0 aromatic heterocycles. The number of hydrogen-bond donors (Lipinski definition) is 1. The molecule has 1 amide bonds. The van der Waals surface area contributed by atoms with Gasteiger partial charge < -0.3 is 10.5 Å². The van der Waals surface area contributed by atoms with Gasteiger partial charge in [-0.05, 0) is 40.3 Å². The largest absolute Gasteiger partial charge is 0.496 e. The summed E-state index contributed by atoms with van der Waals surface area (Å²) in [5.74, 6) is 0.300. The maximum absolute atomic E-state index is 11.5. The van der Waals surface area contributed by atoms with Crippen molar-refractivity contribution in [3.8, 4) is 16.9 Å². The van der Waals surface area contributed by atoms with Gasteiger partial charge in [-0.15, -0.1) is 0 Å². The van der Waals surface area contributed by atoms with E-state index in [4.69, 9.17) is 10.5 Å². The zero-order valence-corrected chi connectivity index (χ0v) is 12.0. The molecule has 0 aliphatic rings. The predicted molar refractivity (Wildman–Crippen MR) is 79.7 cm³/mol. The van der Waals surface area contributed by atoms with E-state index in [1.54, 1.807) is 19.2 Å². The summed E-state index contributed by atoms with van der Waals surface area (Å²) >= 11 is 2.17. The topological polar surface area (TPSA) is 52.3 Å². The summed E-state index contributed by atoms with van der Waals surface area (Å²) in [4.78, 5) is 11.5. The van der Waals surface area contributed by atoms with Gasteiger partial charge in [0.1, 0.15) is 5.75 Å². The fraction of sp³-hybridized carbons (Fsp3) is 0.0714. The lowest BCUT2D eigenvalue weighted by Crippen LogP contribution is -2.13. The van der Waals surface area contributed by atoms with Gasteiger partial charge in [0.25, 0.3) is 0 Å². The molecule has 2 aromatic carbocycles. The Labute approximate surface area is 119 Å². The van der Waals surface area contributed by atoms with Crippen LogP contribution in [-0.4, -0.2) is 13.0 Å². The second-order valence-corrected chi connectivity index (χ2v) is 4.81. The first kappa shape index (κ1) is 12.9. The Bertz CT molecular complexity index is 582. The van der Waals surface area contributed by atoms with Crippen molar-refractivity contribution in [3.05, 3.63) is 51.6 Å². The lowest BCUT2D eigenvalue weighted by molar-refractivity contribution is 0.100. The second-order valence-electron chi connectivity index (χ2n) is 3.73. The molecule has 2 rings (SSSR count). The molecule has 0 fully saturated rings. The number of nitrogens with two attached hydrogens (primary N) is 1. The molecule has 3 nitrogen and oxygen atoms in total. The van der Waals surface area contributed by atoms with Crippen LogP contribution in [0.25, 0.3) is 11.1 Å². The van der Waals surface area contributed by atoms with Crippen LogP contribution in [0.15, 0.2) is 42.5 Å². The van der Waals surface area contributed by atoms with Crippen LogP contribution in [0.1, 0.15) is 10.4 Å². The van der Waals surface area contributed by atoms with Crippen molar-refractivity contribution in [2.24, 2.45) is 5.73 Å². The van der Waals surface area contributed by atoms with Crippen LogP contribution in [-0.2, 0) is 0 Å². The number of halogens is 1. The number of carbonyl (C=O) groups is 1. The summed E-state index contributed by atoms with van der Waals surface area (Å²) in [7, 11) is 1.61. The molecule has 0 atom stereocenters. The molecular weight excluding hydrogens is 341 g/mol. The van der Waals surface area contributed by atoms with Crippen LogP contribution < -0.4 is 10.5 Å². The average Bonchev–Trinajstić information content (AvgIpc) is 2.39. The highest BCUT2D eigenvalue weighted by molar-refractivity contribution is 14.1. The number of ether oxygens (including phenoxy) is 1. The van der Waals surface area contributed by atoms with E-state index < -0.39 is 5.91 Å². The summed E-state index contributed by atoms with van der Waals surface area (Å²) in [6, 6.07) is 13.1. The minimum absolute atomic E-state index is 0.436. The Morgan fingerprint density at radius 3 is 2.39 bits per heavy atom. The van der Waals surface area contributed by atoms with Gasteiger partial charge in [0, 0.05) is 11.1 Å². The van der Waals surface area contributed by atoms with Gasteiger partial charge in [0.15, 0.2) is 0 Å². The maximum atomic E-state index is 11.5. The van der Waals surface area contributed by atoms with Gasteiger partial charge in [0.2, 0.25) is 5.91 Å². The highest BCUT2D eigenvalue weighted by Crippen LogP contribution is 2.34. The first-order valence-electron chi connectivity index (χ1n) is 5.37. The number of methoxy groups -OCH3 is 1. The van der Waals surface area contributed by atoms with Gasteiger partial charge in [-0.25, -0.2) is 0 Å². The highest BCUT2D eigenvalue weighted by Gasteiger charge is 2.16. The van der Waals surface area contributed by atoms with Crippen LogP contribution in [0.3, 0.4) is 0 Å². The SMILES string of the molecule is COc1ccc(C(N)=O)c(-c2ccccc2)c1I. The molecule has 2 N–H and O–H groups in total. The number of benzene rings is 2. The standard InChI is InChI=1S/C14H12INO2/c1-18-11-8-7-10(14(16)17)12(13(11)15)9-5-3-2-4-6-9/h2-8H,1H3,(H2,16,17). The Morgan fingerprint density at radius 2 is 1.83 bits per heavy atom. The Hall–Kier alpha value is -1.56. The van der Waals surface area contributed by atoms with Crippen LogP contribution in [0.5, 0.6) is 5.75 Å². The molecule has 0 saturated carbocycles. The third kappa shape index (κ3) is 2.33. The van der Waals surface area contributed by atoms with Gasteiger partial charge in [-0.1, -0.05) is 30.3 Å². The molecule has 0 heterocycles. The molecule has 0 aliphatic carbocycles. The summed E-state index contributed by atoms with van der Waals surface area (Å²) < 4.78 is 6.17. The molecule has 0 bridgehead atoms. The number of carbonyl (C=O) groups excluding carboxylic acids is 1. The van der Waals surface area contributed by atoms with Crippen molar-refractivity contribution in [2.45, 2.75) is 0 Å². The molecule has 92 valence electrons. The molecule has 0 saturated heterocycles.